The van der Waals surface area contributed by atoms with Gasteiger partial charge in [0.1, 0.15) is 5.84 Å². The van der Waals surface area contributed by atoms with Gasteiger partial charge in [0.25, 0.3) is 0 Å². The minimum absolute atomic E-state index is 0.0932. The van der Waals surface area contributed by atoms with E-state index in [4.69, 9.17) is 11.1 Å². The number of nitrogens with two attached hydrogens (primary N) is 1. The summed E-state index contributed by atoms with van der Waals surface area (Å²) in [7, 11) is 0. The number of nitrogens with one attached hydrogen (secondary N) is 1. The van der Waals surface area contributed by atoms with E-state index in [9.17, 15) is 0 Å². The molecule has 0 amide bonds. The largest absolute Gasteiger partial charge is 0.384 e. The Labute approximate surface area is 110 Å². The van der Waals surface area contributed by atoms with Gasteiger partial charge in [-0.05, 0) is 54.9 Å². The van der Waals surface area contributed by atoms with Gasteiger partial charge in [0, 0.05) is 22.9 Å². The van der Waals surface area contributed by atoms with Gasteiger partial charge in [0.2, 0.25) is 0 Å². The zero-order valence-electron chi connectivity index (χ0n) is 10.3. The van der Waals surface area contributed by atoms with Gasteiger partial charge in [-0.25, -0.2) is 9.97 Å². The molecule has 0 aliphatic rings. The van der Waals surface area contributed by atoms with Crippen molar-refractivity contribution >= 4 is 17.6 Å². The second-order valence-corrected chi connectivity index (χ2v) is 5.08. The van der Waals surface area contributed by atoms with E-state index >= 15 is 0 Å². The average Bonchev–Trinajstić information content (AvgIpc) is 2.32. The predicted molar refractivity (Wildman–Crippen MR) is 73.1 cm³/mol. The quantitative estimate of drug-likeness (QED) is 0.504. The third-order valence-electron chi connectivity index (χ3n) is 2.45. The third kappa shape index (κ3) is 2.87. The molecule has 1 aromatic heterocycles. The van der Waals surface area contributed by atoms with Crippen LogP contribution in [-0.2, 0) is 0 Å². The first-order valence-corrected chi connectivity index (χ1v) is 6.29. The molecule has 0 unspecified atom stereocenters. The van der Waals surface area contributed by atoms with Gasteiger partial charge < -0.3 is 5.73 Å². The van der Waals surface area contributed by atoms with E-state index in [1.54, 1.807) is 12.4 Å². The van der Waals surface area contributed by atoms with Crippen LogP contribution in [0.3, 0.4) is 0 Å². The Hall–Kier alpha value is -1.88. The monoisotopic (exact) mass is 258 g/mol. The van der Waals surface area contributed by atoms with Crippen LogP contribution in [0.1, 0.15) is 16.7 Å². The molecule has 0 atom stereocenters. The highest BCUT2D eigenvalue weighted by atomic mass is 32.2. The molecule has 1 heterocycles. The third-order valence-corrected chi connectivity index (χ3v) is 3.34. The number of hydrogen-bond acceptors (Lipinski definition) is 4. The summed E-state index contributed by atoms with van der Waals surface area (Å²) in [5, 5.41) is 8.16. The number of rotatable bonds is 3. The molecule has 18 heavy (non-hydrogen) atoms. The van der Waals surface area contributed by atoms with Gasteiger partial charge in [-0.15, -0.1) is 0 Å². The SMILES string of the molecule is Cc1cnc(Sc2ccc(C(=N)N)c(C)c2)nc1. The minimum Gasteiger partial charge on any atom is -0.384 e. The Bertz CT molecular complexity index is 578. The maximum atomic E-state index is 7.44. The lowest BCUT2D eigenvalue weighted by Gasteiger charge is -2.06. The summed E-state index contributed by atoms with van der Waals surface area (Å²) in [6.45, 7) is 3.90. The molecule has 2 rings (SSSR count). The number of aryl methyl sites for hydroxylation is 2. The van der Waals surface area contributed by atoms with Gasteiger partial charge >= 0.3 is 0 Å². The van der Waals surface area contributed by atoms with Crippen molar-refractivity contribution in [3.8, 4) is 0 Å². The van der Waals surface area contributed by atoms with E-state index in [-0.39, 0.29) is 5.84 Å². The van der Waals surface area contributed by atoms with Crippen molar-refractivity contribution < 1.29 is 0 Å². The minimum atomic E-state index is 0.0932. The first-order chi connectivity index (χ1) is 8.56. The Morgan fingerprint density at radius 1 is 1.22 bits per heavy atom. The molecular formula is C13H14N4S. The standard InChI is InChI=1S/C13H14N4S/c1-8-6-16-13(17-7-8)18-10-3-4-11(12(14)15)9(2)5-10/h3-7H,1-2H3,(H3,14,15). The maximum Gasteiger partial charge on any atom is 0.192 e. The van der Waals surface area contributed by atoms with Crippen molar-refractivity contribution in [3.05, 3.63) is 47.3 Å². The van der Waals surface area contributed by atoms with E-state index in [1.165, 1.54) is 11.8 Å². The number of benzene rings is 1. The fourth-order valence-electron chi connectivity index (χ4n) is 1.54. The highest BCUT2D eigenvalue weighted by molar-refractivity contribution is 7.99. The molecule has 0 radical (unpaired) electrons. The van der Waals surface area contributed by atoms with Gasteiger partial charge in [-0.2, -0.15) is 0 Å². The van der Waals surface area contributed by atoms with E-state index in [2.05, 4.69) is 9.97 Å². The Balaban J connectivity index is 2.22. The van der Waals surface area contributed by atoms with Crippen LogP contribution in [0, 0.1) is 19.3 Å². The lowest BCUT2D eigenvalue weighted by atomic mass is 10.1. The van der Waals surface area contributed by atoms with Gasteiger partial charge in [-0.1, -0.05) is 0 Å². The molecule has 2 aromatic rings. The molecule has 0 fully saturated rings. The molecule has 92 valence electrons. The van der Waals surface area contributed by atoms with E-state index in [0.717, 1.165) is 26.7 Å². The second-order valence-electron chi connectivity index (χ2n) is 4.04. The summed E-state index contributed by atoms with van der Waals surface area (Å²) in [4.78, 5) is 9.53. The van der Waals surface area contributed by atoms with Gasteiger partial charge in [-0.3, -0.25) is 5.41 Å². The lowest BCUT2D eigenvalue weighted by Crippen LogP contribution is -2.12. The van der Waals surface area contributed by atoms with Crippen molar-refractivity contribution in [2.24, 2.45) is 5.73 Å². The summed E-state index contributed by atoms with van der Waals surface area (Å²) in [5.41, 5.74) is 8.28. The predicted octanol–water partition coefficient (Wildman–Crippen LogP) is 2.53. The summed E-state index contributed by atoms with van der Waals surface area (Å²) in [6.07, 6.45) is 3.60. The maximum absolute atomic E-state index is 7.44. The molecule has 4 nitrogen and oxygen atoms in total. The second kappa shape index (κ2) is 5.18. The molecular weight excluding hydrogens is 244 g/mol. The normalized spacial score (nSPS) is 10.3. The van der Waals surface area contributed by atoms with Crippen molar-refractivity contribution in [1.29, 1.82) is 5.41 Å². The highest BCUT2D eigenvalue weighted by Gasteiger charge is 2.05. The fourth-order valence-corrected chi connectivity index (χ4v) is 2.33. The number of nitrogen functional groups attached to an aromatic ring is 1. The average molecular weight is 258 g/mol. The molecule has 1 aromatic carbocycles. The van der Waals surface area contributed by atoms with Crippen molar-refractivity contribution in [3.63, 3.8) is 0 Å². The van der Waals surface area contributed by atoms with Crippen LogP contribution in [0.4, 0.5) is 0 Å². The molecule has 0 saturated carbocycles. The summed E-state index contributed by atoms with van der Waals surface area (Å²) in [6, 6.07) is 5.77. The van der Waals surface area contributed by atoms with Crippen LogP contribution in [0.5, 0.6) is 0 Å². The van der Waals surface area contributed by atoms with Gasteiger partial charge in [0.15, 0.2) is 5.16 Å². The summed E-state index contributed by atoms with van der Waals surface area (Å²) >= 11 is 1.50. The molecule has 3 N–H and O–H groups in total. The number of amidine groups is 1. The Morgan fingerprint density at radius 3 is 2.44 bits per heavy atom. The first-order valence-electron chi connectivity index (χ1n) is 5.48. The van der Waals surface area contributed by atoms with E-state index in [1.807, 2.05) is 32.0 Å². The molecule has 0 aliphatic carbocycles. The van der Waals surface area contributed by atoms with Gasteiger partial charge in [0.05, 0.1) is 0 Å². The van der Waals surface area contributed by atoms with Crippen LogP contribution >= 0.6 is 11.8 Å². The van der Waals surface area contributed by atoms with Crippen molar-refractivity contribution in [2.75, 3.05) is 0 Å². The van der Waals surface area contributed by atoms with E-state index in [0.29, 0.717) is 0 Å². The fraction of sp³-hybridized carbons (Fsp3) is 0.154. The van der Waals surface area contributed by atoms with Crippen LogP contribution < -0.4 is 5.73 Å². The van der Waals surface area contributed by atoms with Crippen molar-refractivity contribution in [2.45, 2.75) is 23.9 Å². The summed E-state index contributed by atoms with van der Waals surface area (Å²) < 4.78 is 0. The summed E-state index contributed by atoms with van der Waals surface area (Å²) in [5.74, 6) is 0.0932. The molecule has 0 spiro atoms. The van der Waals surface area contributed by atoms with Crippen LogP contribution in [0.2, 0.25) is 0 Å². The molecule has 5 heteroatoms. The topological polar surface area (TPSA) is 75.7 Å². The Kier molecular flexibility index (Phi) is 3.62. The Morgan fingerprint density at radius 2 is 1.89 bits per heavy atom. The zero-order valence-corrected chi connectivity index (χ0v) is 11.1. The first kappa shape index (κ1) is 12.6. The molecule has 0 saturated heterocycles. The molecule has 0 aliphatic heterocycles. The highest BCUT2D eigenvalue weighted by Crippen LogP contribution is 2.26. The van der Waals surface area contributed by atoms with Crippen LogP contribution in [0.25, 0.3) is 0 Å². The van der Waals surface area contributed by atoms with E-state index < -0.39 is 0 Å². The number of hydrogen-bond donors (Lipinski definition) is 2. The lowest BCUT2D eigenvalue weighted by molar-refractivity contribution is 0.950. The van der Waals surface area contributed by atoms with Crippen molar-refractivity contribution in [1.82, 2.24) is 9.97 Å². The van der Waals surface area contributed by atoms with Crippen LogP contribution in [0.15, 0.2) is 40.6 Å². The molecule has 0 bridgehead atoms. The number of aromatic nitrogens is 2. The number of nitrogens with zero attached hydrogens (tertiary/aromatic N) is 2. The zero-order chi connectivity index (χ0) is 13.1. The smallest absolute Gasteiger partial charge is 0.192 e. The van der Waals surface area contributed by atoms with Crippen LogP contribution in [-0.4, -0.2) is 15.8 Å².